The monoisotopic (exact) mass is 275 g/mol. The van der Waals surface area contributed by atoms with Gasteiger partial charge in [0.1, 0.15) is 17.3 Å². The van der Waals surface area contributed by atoms with Crippen LogP contribution in [-0.2, 0) is 6.54 Å². The predicted octanol–water partition coefficient (Wildman–Crippen LogP) is 2.28. The normalized spacial score (nSPS) is 10.6. The molecule has 0 bridgehead atoms. The number of benzene rings is 1. The Morgan fingerprint density at radius 1 is 1.40 bits per heavy atom. The van der Waals surface area contributed by atoms with Gasteiger partial charge in [0.25, 0.3) is 5.69 Å². The summed E-state index contributed by atoms with van der Waals surface area (Å²) in [6.07, 6.45) is 0. The quantitative estimate of drug-likeness (QED) is 0.668. The number of hydrogen-bond acceptors (Lipinski definition) is 5. The van der Waals surface area contributed by atoms with Crippen LogP contribution in [0.5, 0.6) is 0 Å². The summed E-state index contributed by atoms with van der Waals surface area (Å²) >= 11 is 0. The molecule has 0 aliphatic carbocycles. The van der Waals surface area contributed by atoms with Crippen molar-refractivity contribution in [1.82, 2.24) is 14.8 Å². The van der Waals surface area contributed by atoms with Gasteiger partial charge in [0.15, 0.2) is 0 Å². The van der Waals surface area contributed by atoms with Gasteiger partial charge in [-0.3, -0.25) is 10.1 Å². The van der Waals surface area contributed by atoms with Crippen molar-refractivity contribution in [1.29, 1.82) is 0 Å². The average Bonchev–Trinajstić information content (AvgIpc) is 2.70. The van der Waals surface area contributed by atoms with Crippen LogP contribution in [0.15, 0.2) is 18.2 Å². The summed E-state index contributed by atoms with van der Waals surface area (Å²) in [6, 6.07) is 5.05. The molecule has 1 heterocycles. The molecule has 0 saturated heterocycles. The number of nitro benzene ring substituents is 1. The van der Waals surface area contributed by atoms with Gasteiger partial charge in [-0.2, -0.15) is 5.10 Å². The van der Waals surface area contributed by atoms with Gasteiger partial charge >= 0.3 is 0 Å². The van der Waals surface area contributed by atoms with E-state index in [9.17, 15) is 10.1 Å². The second-order valence-electron chi connectivity index (χ2n) is 4.46. The van der Waals surface area contributed by atoms with Crippen molar-refractivity contribution in [3.8, 4) is 0 Å². The summed E-state index contributed by atoms with van der Waals surface area (Å²) in [5.74, 6) is 1.48. The van der Waals surface area contributed by atoms with Crippen LogP contribution >= 0.6 is 0 Å². The number of aryl methyl sites for hydroxylation is 2. The number of hydrogen-bond donors (Lipinski definition) is 1. The van der Waals surface area contributed by atoms with E-state index in [2.05, 4.69) is 15.4 Å². The summed E-state index contributed by atoms with van der Waals surface area (Å²) in [7, 11) is 0. The maximum absolute atomic E-state index is 11.1. The molecule has 0 amide bonds. The molecule has 0 saturated carbocycles. The van der Waals surface area contributed by atoms with Crippen LogP contribution in [0.3, 0.4) is 0 Å². The Hall–Kier alpha value is -2.44. The molecular weight excluding hydrogens is 258 g/mol. The second-order valence-corrected chi connectivity index (χ2v) is 4.46. The highest BCUT2D eigenvalue weighted by molar-refractivity contribution is 5.66. The Balaban J connectivity index is 2.43. The molecule has 0 unspecified atom stereocenters. The number of para-hydroxylation sites is 1. The van der Waals surface area contributed by atoms with Gasteiger partial charge in [-0.25, -0.2) is 9.67 Å². The minimum absolute atomic E-state index is 0.0823. The summed E-state index contributed by atoms with van der Waals surface area (Å²) in [5, 5.41) is 18.5. The van der Waals surface area contributed by atoms with Crippen molar-refractivity contribution in [2.24, 2.45) is 0 Å². The van der Waals surface area contributed by atoms with E-state index in [0.29, 0.717) is 24.6 Å². The van der Waals surface area contributed by atoms with E-state index in [4.69, 9.17) is 0 Å². The highest BCUT2D eigenvalue weighted by atomic mass is 16.6. The minimum atomic E-state index is -0.374. The molecule has 0 radical (unpaired) electrons. The van der Waals surface area contributed by atoms with Gasteiger partial charge in [-0.05, 0) is 20.8 Å². The Bertz CT molecular complexity index is 636. The van der Waals surface area contributed by atoms with Crippen LogP contribution in [0, 0.1) is 24.0 Å². The van der Waals surface area contributed by atoms with E-state index < -0.39 is 0 Å². The fourth-order valence-electron chi connectivity index (χ4n) is 2.12. The van der Waals surface area contributed by atoms with Gasteiger partial charge in [-0.15, -0.1) is 0 Å². The number of aromatic nitrogens is 3. The fraction of sp³-hybridized carbons (Fsp3) is 0.385. The first-order chi connectivity index (χ1) is 9.52. The first-order valence-electron chi connectivity index (χ1n) is 6.41. The van der Waals surface area contributed by atoms with Gasteiger partial charge in [-0.1, -0.05) is 12.1 Å². The maximum atomic E-state index is 11.1. The van der Waals surface area contributed by atoms with E-state index in [-0.39, 0.29) is 10.6 Å². The fourth-order valence-corrected chi connectivity index (χ4v) is 2.12. The third-order valence-electron chi connectivity index (χ3n) is 2.96. The van der Waals surface area contributed by atoms with Gasteiger partial charge < -0.3 is 5.32 Å². The number of nitrogens with zero attached hydrogens (tertiary/aromatic N) is 4. The topological polar surface area (TPSA) is 85.9 Å². The molecule has 20 heavy (non-hydrogen) atoms. The lowest BCUT2D eigenvalue weighted by atomic mass is 10.1. The van der Waals surface area contributed by atoms with Crippen molar-refractivity contribution < 1.29 is 4.92 Å². The SMILES string of the molecule is CCNc1c(Cn2nc(C)nc2C)cccc1[N+](=O)[O-]. The molecule has 0 aliphatic rings. The number of anilines is 1. The van der Waals surface area contributed by atoms with Crippen molar-refractivity contribution in [3.05, 3.63) is 45.5 Å². The standard InChI is InChI=1S/C13H17N5O2/c1-4-14-13-11(6-5-7-12(13)18(19)20)8-17-10(3)15-9(2)16-17/h5-7,14H,4,8H2,1-3H3. The van der Waals surface area contributed by atoms with Gasteiger partial charge in [0.05, 0.1) is 11.5 Å². The Morgan fingerprint density at radius 3 is 2.70 bits per heavy atom. The molecule has 1 N–H and O–H groups in total. The molecule has 7 nitrogen and oxygen atoms in total. The first kappa shape index (κ1) is 14.0. The van der Waals surface area contributed by atoms with Crippen molar-refractivity contribution in [2.45, 2.75) is 27.3 Å². The molecule has 1 aromatic carbocycles. The zero-order valence-corrected chi connectivity index (χ0v) is 11.8. The second kappa shape index (κ2) is 5.68. The molecule has 0 fully saturated rings. The number of nitrogens with one attached hydrogen (secondary N) is 1. The van der Waals surface area contributed by atoms with Gasteiger partial charge in [0.2, 0.25) is 0 Å². The molecule has 106 valence electrons. The molecule has 0 aliphatic heterocycles. The Kier molecular flexibility index (Phi) is 3.97. The van der Waals surface area contributed by atoms with Crippen LogP contribution < -0.4 is 5.32 Å². The zero-order valence-electron chi connectivity index (χ0n) is 11.8. The molecule has 7 heteroatoms. The maximum Gasteiger partial charge on any atom is 0.292 e. The van der Waals surface area contributed by atoms with Crippen molar-refractivity contribution in [2.75, 3.05) is 11.9 Å². The minimum Gasteiger partial charge on any atom is -0.379 e. The third-order valence-corrected chi connectivity index (χ3v) is 2.96. The lowest BCUT2D eigenvalue weighted by Crippen LogP contribution is -2.10. The van der Waals surface area contributed by atoms with Crippen LogP contribution in [-0.4, -0.2) is 26.2 Å². The summed E-state index contributed by atoms with van der Waals surface area (Å²) < 4.78 is 1.75. The highest BCUT2D eigenvalue weighted by Crippen LogP contribution is 2.28. The van der Waals surface area contributed by atoms with E-state index in [1.165, 1.54) is 6.07 Å². The summed E-state index contributed by atoms with van der Waals surface area (Å²) in [5.41, 5.74) is 1.46. The smallest absolute Gasteiger partial charge is 0.292 e. The summed E-state index contributed by atoms with van der Waals surface area (Å²) in [6.45, 7) is 6.67. The molecule has 2 aromatic rings. The van der Waals surface area contributed by atoms with Crippen LogP contribution in [0.25, 0.3) is 0 Å². The van der Waals surface area contributed by atoms with Gasteiger partial charge in [0, 0.05) is 18.2 Å². The molecule has 2 rings (SSSR count). The third kappa shape index (κ3) is 2.76. The number of rotatable bonds is 5. The first-order valence-corrected chi connectivity index (χ1v) is 6.41. The van der Waals surface area contributed by atoms with E-state index in [0.717, 1.165) is 11.4 Å². The van der Waals surface area contributed by atoms with Crippen LogP contribution in [0.4, 0.5) is 11.4 Å². The lowest BCUT2D eigenvalue weighted by Gasteiger charge is -2.11. The number of nitro groups is 1. The van der Waals surface area contributed by atoms with Crippen LogP contribution in [0.2, 0.25) is 0 Å². The Morgan fingerprint density at radius 2 is 2.15 bits per heavy atom. The Labute approximate surface area is 116 Å². The van der Waals surface area contributed by atoms with E-state index >= 15 is 0 Å². The largest absolute Gasteiger partial charge is 0.379 e. The van der Waals surface area contributed by atoms with Crippen molar-refractivity contribution in [3.63, 3.8) is 0 Å². The lowest BCUT2D eigenvalue weighted by molar-refractivity contribution is -0.384. The molecule has 1 aromatic heterocycles. The predicted molar refractivity (Wildman–Crippen MR) is 75.9 cm³/mol. The molecular formula is C13H17N5O2. The van der Waals surface area contributed by atoms with Crippen molar-refractivity contribution >= 4 is 11.4 Å². The zero-order chi connectivity index (χ0) is 14.7. The molecule has 0 spiro atoms. The average molecular weight is 275 g/mol. The van der Waals surface area contributed by atoms with E-state index in [1.54, 1.807) is 10.7 Å². The summed E-state index contributed by atoms with van der Waals surface area (Å²) in [4.78, 5) is 15.0. The highest BCUT2D eigenvalue weighted by Gasteiger charge is 2.17. The molecule has 0 atom stereocenters. The van der Waals surface area contributed by atoms with Crippen LogP contribution in [0.1, 0.15) is 24.1 Å². The van der Waals surface area contributed by atoms with E-state index in [1.807, 2.05) is 26.8 Å².